The van der Waals surface area contributed by atoms with Crippen molar-refractivity contribution in [2.24, 2.45) is 40.9 Å². The number of hydrogen-bond acceptors (Lipinski definition) is 2. The summed E-state index contributed by atoms with van der Waals surface area (Å²) in [4.78, 5) is 2.74. The number of alkyl halides is 1. The van der Waals surface area contributed by atoms with E-state index in [0.29, 0.717) is 29.2 Å². The molecule has 39 heavy (non-hydrogen) atoms. The van der Waals surface area contributed by atoms with Gasteiger partial charge >= 0.3 is 0 Å². The first kappa shape index (κ1) is 38.5. The first-order valence-corrected chi connectivity index (χ1v) is 15.2. The van der Waals surface area contributed by atoms with Gasteiger partial charge in [-0.05, 0) is 105 Å². The van der Waals surface area contributed by atoms with Gasteiger partial charge in [-0.2, -0.15) is 0 Å². The number of nitrogens with one attached hydrogen (secondary N) is 1. The van der Waals surface area contributed by atoms with Gasteiger partial charge in [-0.3, -0.25) is 0 Å². The minimum atomic E-state index is -0.582. The molecule has 0 aromatic rings. The Morgan fingerprint density at radius 3 is 2.41 bits per heavy atom. The van der Waals surface area contributed by atoms with Gasteiger partial charge in [-0.1, -0.05) is 77.8 Å². The molecule has 1 aliphatic heterocycles. The molecule has 5 nitrogen and oxygen atoms in total. The largest absolute Gasteiger partial charge is 0.412 e. The van der Waals surface area contributed by atoms with Crippen molar-refractivity contribution in [1.29, 1.82) is 0 Å². The van der Waals surface area contributed by atoms with E-state index in [1.165, 1.54) is 38.8 Å². The zero-order chi connectivity index (χ0) is 25.0. The molecule has 0 radical (unpaired) electrons. The molecule has 1 saturated carbocycles. The Balaban J connectivity index is 0.00000361. The zero-order valence-electron chi connectivity index (χ0n) is 24.5. The third-order valence-electron chi connectivity index (χ3n) is 10.0. The molecule has 0 aromatic heterocycles. The fourth-order valence-electron chi connectivity index (χ4n) is 7.90. The van der Waals surface area contributed by atoms with Gasteiger partial charge in [-0.15, -0.1) is 0 Å². The summed E-state index contributed by atoms with van der Waals surface area (Å²) in [6.07, 6.45) is 17.7. The fraction of sp³-hybridized carbons (Fsp3) is 0.875. The minimum absolute atomic E-state index is 0. The van der Waals surface area contributed by atoms with Crippen LogP contribution < -0.4 is 5.32 Å². The van der Waals surface area contributed by atoms with Crippen LogP contribution in [-0.4, -0.2) is 59.7 Å². The minimum Gasteiger partial charge on any atom is -0.412 e. The van der Waals surface area contributed by atoms with Crippen LogP contribution in [0, 0.1) is 40.9 Å². The van der Waals surface area contributed by atoms with Crippen LogP contribution in [0.2, 0.25) is 0 Å². The fourth-order valence-corrected chi connectivity index (χ4v) is 8.09. The third-order valence-corrected chi connectivity index (χ3v) is 10.4. The average molecular weight is 577 g/mol. The van der Waals surface area contributed by atoms with E-state index in [4.69, 9.17) is 11.6 Å². The maximum absolute atomic E-state index is 14.6. The Kier molecular flexibility index (Phi) is 17.2. The molecule has 232 valence electrons. The topological polar surface area (TPSA) is 110 Å². The second kappa shape index (κ2) is 17.5. The average Bonchev–Trinajstić information content (AvgIpc) is 2.82. The van der Waals surface area contributed by atoms with Crippen LogP contribution in [0.4, 0.5) is 4.39 Å². The second-order valence-corrected chi connectivity index (χ2v) is 13.9. The first-order valence-electron chi connectivity index (χ1n) is 14.8. The number of nitrogens with zero attached hydrogens (tertiary/aromatic N) is 1. The molecule has 0 aromatic carbocycles. The van der Waals surface area contributed by atoms with Crippen LogP contribution in [0.25, 0.3) is 0 Å². The Morgan fingerprint density at radius 2 is 1.79 bits per heavy atom. The molecule has 4 aliphatic rings. The van der Waals surface area contributed by atoms with Crippen molar-refractivity contribution in [2.75, 3.05) is 26.2 Å². The summed E-state index contributed by atoms with van der Waals surface area (Å²) >= 11 is 6.27. The van der Waals surface area contributed by atoms with Gasteiger partial charge in [-0.25, -0.2) is 4.39 Å². The number of halogens is 2. The van der Waals surface area contributed by atoms with Crippen LogP contribution in [0.5, 0.6) is 0 Å². The van der Waals surface area contributed by atoms with Crippen molar-refractivity contribution in [1.82, 2.24) is 10.2 Å². The van der Waals surface area contributed by atoms with Gasteiger partial charge in [0.1, 0.15) is 6.17 Å². The Bertz CT molecular complexity index is 747. The van der Waals surface area contributed by atoms with Crippen LogP contribution in [0.1, 0.15) is 99.3 Å². The molecule has 0 spiro atoms. The van der Waals surface area contributed by atoms with E-state index in [0.717, 1.165) is 68.5 Å². The van der Waals surface area contributed by atoms with Gasteiger partial charge in [0.15, 0.2) is 0 Å². The number of hydrogen-bond donors (Lipinski definition) is 1. The van der Waals surface area contributed by atoms with Crippen molar-refractivity contribution in [3.05, 3.63) is 23.3 Å². The van der Waals surface area contributed by atoms with E-state index in [1.807, 2.05) is 0 Å². The summed E-state index contributed by atoms with van der Waals surface area (Å²) in [5.41, 5.74) is 0.354. The number of likely N-dealkylation sites (tertiary alicyclic amines) is 1. The van der Waals surface area contributed by atoms with Gasteiger partial charge in [0.25, 0.3) is 0 Å². The highest BCUT2D eigenvalue weighted by atomic mass is 35.5. The van der Waals surface area contributed by atoms with Crippen molar-refractivity contribution in [2.45, 2.75) is 112 Å². The van der Waals surface area contributed by atoms with E-state index in [-0.39, 0.29) is 29.8 Å². The summed E-state index contributed by atoms with van der Waals surface area (Å²) in [5.74, 6) is 3.58. The SMILES string of the molecule is C.CC(C)[C@H](CN1CC[C@H](C2CC=C(Cl)CC2)C(C)(C)C1)NCC1CC=CC(C2CCCCC2F)C1.O.O.O. The summed E-state index contributed by atoms with van der Waals surface area (Å²) in [7, 11) is 0. The van der Waals surface area contributed by atoms with Gasteiger partial charge in [0.2, 0.25) is 0 Å². The Hall–Kier alpha value is -0.500. The van der Waals surface area contributed by atoms with Crippen molar-refractivity contribution in [3.63, 3.8) is 0 Å². The van der Waals surface area contributed by atoms with Gasteiger partial charge < -0.3 is 26.6 Å². The third kappa shape index (κ3) is 10.4. The number of allylic oxidation sites excluding steroid dienone is 4. The Morgan fingerprint density at radius 1 is 1.08 bits per heavy atom. The maximum Gasteiger partial charge on any atom is 0.103 e. The van der Waals surface area contributed by atoms with E-state index in [2.05, 4.69) is 56.1 Å². The molecule has 1 heterocycles. The highest BCUT2D eigenvalue weighted by Crippen LogP contribution is 2.45. The first-order chi connectivity index (χ1) is 16.7. The zero-order valence-corrected chi connectivity index (χ0v) is 25.2. The molecular weight excluding hydrogens is 515 g/mol. The molecule has 3 aliphatic carbocycles. The highest BCUT2D eigenvalue weighted by molar-refractivity contribution is 6.29. The second-order valence-electron chi connectivity index (χ2n) is 13.5. The molecule has 7 heteroatoms. The molecular formula is C32H62ClFN2O3. The summed E-state index contributed by atoms with van der Waals surface area (Å²) in [5, 5.41) is 5.06. The van der Waals surface area contributed by atoms with E-state index in [9.17, 15) is 4.39 Å². The Labute approximate surface area is 244 Å². The predicted molar refractivity (Wildman–Crippen MR) is 166 cm³/mol. The van der Waals surface area contributed by atoms with E-state index < -0.39 is 6.17 Å². The lowest BCUT2D eigenvalue weighted by molar-refractivity contribution is 0.0115. The quantitative estimate of drug-likeness (QED) is 0.350. The van der Waals surface area contributed by atoms with Crippen LogP contribution in [-0.2, 0) is 0 Å². The monoisotopic (exact) mass is 576 g/mol. The number of rotatable bonds is 8. The van der Waals surface area contributed by atoms with E-state index in [1.54, 1.807) is 0 Å². The van der Waals surface area contributed by atoms with Crippen LogP contribution >= 0.6 is 11.6 Å². The van der Waals surface area contributed by atoms with Crippen molar-refractivity contribution >= 4 is 11.6 Å². The molecule has 0 bridgehead atoms. The lowest BCUT2D eigenvalue weighted by Gasteiger charge is -2.49. The van der Waals surface area contributed by atoms with Gasteiger partial charge in [0.05, 0.1) is 0 Å². The molecule has 4 rings (SSSR count). The smallest absolute Gasteiger partial charge is 0.103 e. The normalized spacial score (nSPS) is 33.5. The lowest BCUT2D eigenvalue weighted by Crippen LogP contribution is -2.53. The lowest BCUT2D eigenvalue weighted by atomic mass is 9.65. The molecule has 2 fully saturated rings. The molecule has 1 saturated heterocycles. The molecule has 5 unspecified atom stereocenters. The number of piperidine rings is 1. The summed E-state index contributed by atoms with van der Waals surface area (Å²) < 4.78 is 14.6. The summed E-state index contributed by atoms with van der Waals surface area (Å²) in [6.45, 7) is 14.4. The molecule has 0 amide bonds. The van der Waals surface area contributed by atoms with Crippen molar-refractivity contribution in [3.8, 4) is 0 Å². The predicted octanol–water partition coefficient (Wildman–Crippen LogP) is 6.14. The summed E-state index contributed by atoms with van der Waals surface area (Å²) in [6, 6.07) is 0.520. The highest BCUT2D eigenvalue weighted by Gasteiger charge is 2.41. The molecule has 7 atom stereocenters. The molecule has 7 N–H and O–H groups in total. The van der Waals surface area contributed by atoms with Crippen molar-refractivity contribution < 1.29 is 20.8 Å². The standard InChI is InChI=1S/C31H52ClFN2.CH4.3H2O/c1-22(2)30(34-19-23-8-7-9-25(18-23)27-10-5-6-11-29(27)33)20-35-17-16-28(31(3,4)21-35)24-12-14-26(32)15-13-24;;;;/h7,9,14,22-25,27-30,34H,5-6,8,10-13,15-21H2,1-4H3;1H4;3*1H2/t23?,24?,25?,27?,28-,29?,30+;;;;/m1..../s1. The van der Waals surface area contributed by atoms with Crippen LogP contribution in [0.3, 0.4) is 0 Å². The maximum atomic E-state index is 14.6. The van der Waals surface area contributed by atoms with Crippen LogP contribution in [0.15, 0.2) is 23.3 Å². The van der Waals surface area contributed by atoms with E-state index >= 15 is 0 Å². The van der Waals surface area contributed by atoms with Gasteiger partial charge in [0, 0.05) is 24.2 Å².